The van der Waals surface area contributed by atoms with E-state index in [4.69, 9.17) is 7.85 Å². The summed E-state index contributed by atoms with van der Waals surface area (Å²) in [5, 5.41) is 0. The Labute approximate surface area is 78.9 Å². The number of aromatic nitrogens is 1. The fourth-order valence-electron chi connectivity index (χ4n) is 1.25. The maximum absolute atomic E-state index is 5.63. The van der Waals surface area contributed by atoms with Gasteiger partial charge in [0.1, 0.15) is 7.85 Å². The van der Waals surface area contributed by atoms with Crippen molar-refractivity contribution in [3.8, 4) is 11.1 Å². The van der Waals surface area contributed by atoms with Gasteiger partial charge in [0.25, 0.3) is 0 Å². The molecule has 0 unspecified atom stereocenters. The number of nitrogens with zero attached hydrogens (tertiary/aromatic N) is 1. The second-order valence-electron chi connectivity index (χ2n) is 2.87. The Kier molecular flexibility index (Phi) is 2.13. The van der Waals surface area contributed by atoms with E-state index in [1.54, 1.807) is 6.20 Å². The predicted octanol–water partition coefficient (Wildman–Crippen LogP) is 1.54. The molecule has 1 aromatic carbocycles. The summed E-state index contributed by atoms with van der Waals surface area (Å²) in [6.45, 7) is 0. The fourth-order valence-corrected chi connectivity index (χ4v) is 1.25. The lowest BCUT2D eigenvalue weighted by Crippen LogP contribution is -2.02. The number of hydrogen-bond acceptors (Lipinski definition) is 1. The van der Waals surface area contributed by atoms with E-state index in [2.05, 4.69) is 4.98 Å². The Hall–Kier alpha value is -1.57. The van der Waals surface area contributed by atoms with Gasteiger partial charge in [-0.3, -0.25) is 4.98 Å². The normalized spacial score (nSPS) is 9.85. The summed E-state index contributed by atoms with van der Waals surface area (Å²) in [5.74, 6) is 0. The van der Waals surface area contributed by atoms with Crippen molar-refractivity contribution in [2.24, 2.45) is 0 Å². The van der Waals surface area contributed by atoms with Gasteiger partial charge >= 0.3 is 0 Å². The molecule has 2 aromatic rings. The zero-order valence-corrected chi connectivity index (χ0v) is 7.14. The molecule has 0 N–H and O–H groups in total. The van der Waals surface area contributed by atoms with Crippen LogP contribution in [0.15, 0.2) is 48.8 Å². The van der Waals surface area contributed by atoms with Crippen LogP contribution in [0.5, 0.6) is 0 Å². The van der Waals surface area contributed by atoms with E-state index in [0.717, 1.165) is 11.1 Å². The summed E-state index contributed by atoms with van der Waals surface area (Å²) in [7, 11) is 5.63. The first-order valence-electron chi connectivity index (χ1n) is 4.12. The third kappa shape index (κ3) is 1.78. The van der Waals surface area contributed by atoms with Gasteiger partial charge in [0.05, 0.1) is 0 Å². The summed E-state index contributed by atoms with van der Waals surface area (Å²) in [5.41, 5.74) is 2.89. The molecule has 2 heteroatoms. The average molecular weight is 165 g/mol. The van der Waals surface area contributed by atoms with Crippen LogP contribution in [0.2, 0.25) is 0 Å². The minimum Gasteiger partial charge on any atom is -0.265 e. The van der Waals surface area contributed by atoms with Crippen LogP contribution >= 0.6 is 0 Å². The molecule has 1 aromatic heterocycles. The molecule has 0 bridgehead atoms. The van der Waals surface area contributed by atoms with Gasteiger partial charge < -0.3 is 0 Å². The first kappa shape index (κ1) is 8.05. The van der Waals surface area contributed by atoms with E-state index in [-0.39, 0.29) is 0 Å². The van der Waals surface area contributed by atoms with Gasteiger partial charge in [-0.15, -0.1) is 0 Å². The Balaban J connectivity index is 2.48. The Morgan fingerprint density at radius 2 is 1.69 bits per heavy atom. The zero-order chi connectivity index (χ0) is 9.10. The predicted molar refractivity (Wildman–Crippen MR) is 55.1 cm³/mol. The van der Waals surface area contributed by atoms with Gasteiger partial charge in [-0.05, 0) is 11.1 Å². The van der Waals surface area contributed by atoms with E-state index in [1.165, 1.54) is 0 Å². The van der Waals surface area contributed by atoms with Crippen LogP contribution in [0.3, 0.4) is 0 Å². The molecule has 0 aliphatic heterocycles. The molecule has 0 spiro atoms. The van der Waals surface area contributed by atoms with E-state index >= 15 is 0 Å². The Morgan fingerprint density at radius 3 is 2.38 bits per heavy atom. The second-order valence-corrected chi connectivity index (χ2v) is 2.87. The molecular weight excluding hydrogens is 157 g/mol. The van der Waals surface area contributed by atoms with E-state index < -0.39 is 0 Å². The third-order valence-corrected chi connectivity index (χ3v) is 1.87. The van der Waals surface area contributed by atoms with Gasteiger partial charge in [0, 0.05) is 12.4 Å². The molecule has 1 heterocycles. The van der Waals surface area contributed by atoms with Crippen molar-refractivity contribution >= 4 is 13.3 Å². The summed E-state index contributed by atoms with van der Waals surface area (Å²) >= 11 is 0. The number of benzene rings is 1. The van der Waals surface area contributed by atoms with Gasteiger partial charge in [-0.2, -0.15) is 0 Å². The first-order chi connectivity index (χ1) is 6.36. The van der Waals surface area contributed by atoms with Crippen LogP contribution in [-0.2, 0) is 0 Å². The number of hydrogen-bond donors (Lipinski definition) is 0. The van der Waals surface area contributed by atoms with Gasteiger partial charge in [-0.25, -0.2) is 0 Å². The lowest BCUT2D eigenvalue weighted by Gasteiger charge is -2.00. The van der Waals surface area contributed by atoms with Crippen molar-refractivity contribution in [1.29, 1.82) is 0 Å². The molecule has 0 saturated heterocycles. The lowest BCUT2D eigenvalue weighted by molar-refractivity contribution is 1.35. The standard InChI is InChI=1S/C11H8BN/c12-11-6-10(7-13-8-11)9-4-2-1-3-5-9/h1-8H. The Morgan fingerprint density at radius 1 is 0.923 bits per heavy atom. The molecule has 60 valence electrons. The van der Waals surface area contributed by atoms with Crippen LogP contribution < -0.4 is 5.46 Å². The monoisotopic (exact) mass is 165 g/mol. The fraction of sp³-hybridized carbons (Fsp3) is 0. The summed E-state index contributed by atoms with van der Waals surface area (Å²) in [6.07, 6.45) is 3.46. The van der Waals surface area contributed by atoms with E-state index in [1.807, 2.05) is 42.6 Å². The van der Waals surface area contributed by atoms with Crippen LogP contribution in [-0.4, -0.2) is 12.8 Å². The van der Waals surface area contributed by atoms with E-state index in [0.29, 0.717) is 5.46 Å². The van der Waals surface area contributed by atoms with Crippen molar-refractivity contribution in [1.82, 2.24) is 4.98 Å². The maximum atomic E-state index is 5.63. The van der Waals surface area contributed by atoms with Gasteiger partial charge in [0.15, 0.2) is 0 Å². The molecule has 0 aliphatic carbocycles. The molecule has 0 atom stereocenters. The summed E-state index contributed by atoms with van der Waals surface area (Å²) < 4.78 is 0. The van der Waals surface area contributed by atoms with Crippen molar-refractivity contribution in [2.75, 3.05) is 0 Å². The van der Waals surface area contributed by atoms with Crippen molar-refractivity contribution in [3.63, 3.8) is 0 Å². The number of pyridine rings is 1. The molecule has 2 radical (unpaired) electrons. The summed E-state index contributed by atoms with van der Waals surface area (Å²) in [4.78, 5) is 4.04. The highest BCUT2D eigenvalue weighted by Gasteiger charge is 1.95. The van der Waals surface area contributed by atoms with Crippen molar-refractivity contribution in [2.45, 2.75) is 0 Å². The highest BCUT2D eigenvalue weighted by atomic mass is 14.6. The van der Waals surface area contributed by atoms with Crippen LogP contribution in [0.4, 0.5) is 0 Å². The van der Waals surface area contributed by atoms with Crippen molar-refractivity contribution < 1.29 is 0 Å². The average Bonchev–Trinajstić information content (AvgIpc) is 2.19. The quantitative estimate of drug-likeness (QED) is 0.584. The van der Waals surface area contributed by atoms with Gasteiger partial charge in [-0.1, -0.05) is 41.9 Å². The smallest absolute Gasteiger partial charge is 0.115 e. The number of rotatable bonds is 1. The molecule has 0 aliphatic rings. The van der Waals surface area contributed by atoms with Gasteiger partial charge in [0.2, 0.25) is 0 Å². The zero-order valence-electron chi connectivity index (χ0n) is 7.14. The summed E-state index contributed by atoms with van der Waals surface area (Å²) in [6, 6.07) is 12.0. The topological polar surface area (TPSA) is 12.9 Å². The first-order valence-corrected chi connectivity index (χ1v) is 4.12. The van der Waals surface area contributed by atoms with Crippen LogP contribution in [0, 0.1) is 0 Å². The molecule has 2 rings (SSSR count). The lowest BCUT2D eigenvalue weighted by atomic mass is 9.95. The third-order valence-electron chi connectivity index (χ3n) is 1.87. The minimum atomic E-state index is 0.696. The second kappa shape index (κ2) is 3.44. The highest BCUT2D eigenvalue weighted by molar-refractivity contribution is 6.32. The molecule has 1 nitrogen and oxygen atoms in total. The maximum Gasteiger partial charge on any atom is 0.115 e. The molecule has 13 heavy (non-hydrogen) atoms. The molecule has 0 saturated carbocycles. The molecule has 0 amide bonds. The largest absolute Gasteiger partial charge is 0.265 e. The molecule has 0 fully saturated rings. The van der Waals surface area contributed by atoms with Crippen molar-refractivity contribution in [3.05, 3.63) is 48.8 Å². The highest BCUT2D eigenvalue weighted by Crippen LogP contribution is 2.15. The minimum absolute atomic E-state index is 0.696. The molecular formula is C11H8BN. The SMILES string of the molecule is [B]c1cncc(-c2ccccc2)c1. The Bertz CT molecular complexity index is 398. The van der Waals surface area contributed by atoms with Crippen LogP contribution in [0.25, 0.3) is 11.1 Å². The van der Waals surface area contributed by atoms with Crippen LogP contribution in [0.1, 0.15) is 0 Å². The van der Waals surface area contributed by atoms with E-state index in [9.17, 15) is 0 Å².